The van der Waals surface area contributed by atoms with Crippen LogP contribution < -0.4 is 5.73 Å². The highest BCUT2D eigenvalue weighted by Gasteiger charge is 2.07. The fourth-order valence-electron chi connectivity index (χ4n) is 1.47. The van der Waals surface area contributed by atoms with Gasteiger partial charge in [0.2, 0.25) is 0 Å². The molecule has 0 fully saturated rings. The molecule has 0 unspecified atom stereocenters. The van der Waals surface area contributed by atoms with E-state index >= 15 is 0 Å². The molecular weight excluding hydrogens is 222 g/mol. The normalized spacial score (nSPS) is 10.6. The molecule has 2 rings (SSSR count). The molecule has 0 saturated heterocycles. The number of nitrogens with two attached hydrogens (primary N) is 1. The second kappa shape index (κ2) is 4.09. The minimum atomic E-state index is 0.272. The van der Waals surface area contributed by atoms with E-state index in [0.29, 0.717) is 5.82 Å². The maximum Gasteiger partial charge on any atom is 0.129 e. The third-order valence-electron chi connectivity index (χ3n) is 2.39. The zero-order valence-electron chi connectivity index (χ0n) is 9.14. The van der Waals surface area contributed by atoms with Crippen molar-refractivity contribution < 1.29 is 5.11 Å². The topological polar surface area (TPSA) is 64.1 Å². The van der Waals surface area contributed by atoms with Gasteiger partial charge in [-0.15, -0.1) is 11.8 Å². The molecule has 1 aromatic carbocycles. The predicted octanol–water partition coefficient (Wildman–Crippen LogP) is 2.10. The number of aromatic hydroxyl groups is 1. The van der Waals surface area contributed by atoms with Crippen LogP contribution in [-0.4, -0.2) is 21.1 Å². The first-order valence-corrected chi connectivity index (χ1v) is 6.01. The van der Waals surface area contributed by atoms with E-state index in [9.17, 15) is 5.11 Å². The molecule has 0 spiro atoms. The summed E-state index contributed by atoms with van der Waals surface area (Å²) in [5.74, 6) is 0.873. The van der Waals surface area contributed by atoms with Gasteiger partial charge < -0.3 is 10.8 Å². The van der Waals surface area contributed by atoms with E-state index in [1.54, 1.807) is 23.9 Å². The summed E-state index contributed by atoms with van der Waals surface area (Å²) in [7, 11) is 1.79. The maximum absolute atomic E-state index is 9.74. The van der Waals surface area contributed by atoms with Crippen molar-refractivity contribution in [3.8, 4) is 17.0 Å². The number of hydrogen-bond donors (Lipinski definition) is 2. The van der Waals surface area contributed by atoms with Crippen molar-refractivity contribution in [1.82, 2.24) is 9.78 Å². The average molecular weight is 235 g/mol. The van der Waals surface area contributed by atoms with Gasteiger partial charge in [-0.2, -0.15) is 5.10 Å². The third-order valence-corrected chi connectivity index (χ3v) is 3.18. The van der Waals surface area contributed by atoms with E-state index in [1.807, 2.05) is 18.4 Å². The van der Waals surface area contributed by atoms with Crippen molar-refractivity contribution in [1.29, 1.82) is 0 Å². The van der Waals surface area contributed by atoms with E-state index in [0.717, 1.165) is 16.2 Å². The highest BCUT2D eigenvalue weighted by atomic mass is 32.2. The molecule has 0 aliphatic heterocycles. The van der Waals surface area contributed by atoms with Crippen molar-refractivity contribution >= 4 is 17.6 Å². The van der Waals surface area contributed by atoms with Gasteiger partial charge in [0.15, 0.2) is 0 Å². The van der Waals surface area contributed by atoms with Crippen LogP contribution >= 0.6 is 11.8 Å². The molecule has 0 bridgehead atoms. The molecule has 3 N–H and O–H groups in total. The molecule has 16 heavy (non-hydrogen) atoms. The Hall–Kier alpha value is -1.62. The summed E-state index contributed by atoms with van der Waals surface area (Å²) in [6.07, 6.45) is 1.92. The fraction of sp³-hybridized carbons (Fsp3) is 0.182. The van der Waals surface area contributed by atoms with Gasteiger partial charge in [0.25, 0.3) is 0 Å². The van der Waals surface area contributed by atoms with Crippen LogP contribution in [0.3, 0.4) is 0 Å². The van der Waals surface area contributed by atoms with Crippen LogP contribution in [0.1, 0.15) is 0 Å². The third kappa shape index (κ3) is 1.86. The Morgan fingerprint density at radius 1 is 1.38 bits per heavy atom. The second-order valence-electron chi connectivity index (χ2n) is 3.46. The molecule has 0 radical (unpaired) electrons. The predicted molar refractivity (Wildman–Crippen MR) is 66.5 cm³/mol. The molecule has 1 aromatic heterocycles. The maximum atomic E-state index is 9.74. The summed E-state index contributed by atoms with van der Waals surface area (Å²) < 4.78 is 1.61. The zero-order valence-corrected chi connectivity index (χ0v) is 9.95. The first kappa shape index (κ1) is 10.9. The minimum Gasteiger partial charge on any atom is -0.507 e. The van der Waals surface area contributed by atoms with Crippen LogP contribution in [-0.2, 0) is 7.05 Å². The number of aromatic nitrogens is 2. The largest absolute Gasteiger partial charge is 0.507 e. The highest BCUT2D eigenvalue weighted by Crippen LogP contribution is 2.31. The molecule has 5 heteroatoms. The Labute approximate surface area is 98.1 Å². The van der Waals surface area contributed by atoms with Crippen molar-refractivity contribution in [3.05, 3.63) is 24.3 Å². The summed E-state index contributed by atoms with van der Waals surface area (Å²) in [4.78, 5) is 0.854. The van der Waals surface area contributed by atoms with Crippen LogP contribution in [0.25, 0.3) is 11.3 Å². The number of thioether (sulfide) groups is 1. The Morgan fingerprint density at radius 3 is 2.62 bits per heavy atom. The number of benzene rings is 1. The number of anilines is 1. The number of nitrogens with zero attached hydrogens (tertiary/aromatic N) is 2. The molecule has 0 amide bonds. The average Bonchev–Trinajstić information content (AvgIpc) is 2.59. The van der Waals surface area contributed by atoms with Crippen LogP contribution in [0.4, 0.5) is 5.82 Å². The molecule has 0 aliphatic rings. The number of phenolic OH excluding ortho intramolecular Hbond substituents is 1. The highest BCUT2D eigenvalue weighted by molar-refractivity contribution is 7.98. The molecule has 0 saturated carbocycles. The lowest BCUT2D eigenvalue weighted by Crippen LogP contribution is -1.96. The van der Waals surface area contributed by atoms with Crippen LogP contribution in [0.2, 0.25) is 0 Å². The number of phenols is 1. The van der Waals surface area contributed by atoms with Crippen LogP contribution in [0.5, 0.6) is 5.75 Å². The van der Waals surface area contributed by atoms with Gasteiger partial charge in [-0.25, -0.2) is 0 Å². The standard InChI is InChI=1S/C11H13N3OS/c1-14-11(12)6-8(13-14)7-3-4-10(16-2)9(15)5-7/h3-6,15H,12H2,1-2H3. The SMILES string of the molecule is CSc1ccc(-c2cc(N)n(C)n2)cc1O. The summed E-state index contributed by atoms with van der Waals surface area (Å²) in [5, 5.41) is 14.0. The van der Waals surface area contributed by atoms with E-state index in [1.165, 1.54) is 11.8 Å². The summed E-state index contributed by atoms with van der Waals surface area (Å²) >= 11 is 1.51. The number of aryl methyl sites for hydroxylation is 1. The van der Waals surface area contributed by atoms with E-state index in [2.05, 4.69) is 5.10 Å². The number of hydrogen-bond acceptors (Lipinski definition) is 4. The first-order chi connectivity index (χ1) is 7.61. The summed E-state index contributed by atoms with van der Waals surface area (Å²) in [6, 6.07) is 7.29. The fourth-order valence-corrected chi connectivity index (χ4v) is 1.94. The Morgan fingerprint density at radius 2 is 2.12 bits per heavy atom. The lowest BCUT2D eigenvalue weighted by molar-refractivity contribution is 0.463. The van der Waals surface area contributed by atoms with Crippen LogP contribution in [0.15, 0.2) is 29.2 Å². The molecule has 0 aliphatic carbocycles. The van der Waals surface area contributed by atoms with Gasteiger partial charge in [0, 0.05) is 23.6 Å². The van der Waals surface area contributed by atoms with Gasteiger partial charge in [-0.1, -0.05) is 6.07 Å². The lowest BCUT2D eigenvalue weighted by Gasteiger charge is -2.02. The van der Waals surface area contributed by atoms with E-state index in [-0.39, 0.29) is 5.75 Å². The van der Waals surface area contributed by atoms with Gasteiger partial charge in [0.05, 0.1) is 5.69 Å². The van der Waals surface area contributed by atoms with Gasteiger partial charge in [-0.05, 0) is 18.4 Å². The van der Waals surface area contributed by atoms with E-state index < -0.39 is 0 Å². The van der Waals surface area contributed by atoms with Gasteiger partial charge in [0.1, 0.15) is 11.6 Å². The quantitative estimate of drug-likeness (QED) is 0.782. The first-order valence-electron chi connectivity index (χ1n) is 4.78. The molecule has 0 atom stereocenters. The monoisotopic (exact) mass is 235 g/mol. The summed E-state index contributed by atoms with van der Waals surface area (Å²) in [6.45, 7) is 0. The molecule has 2 aromatic rings. The molecular formula is C11H13N3OS. The van der Waals surface area contributed by atoms with E-state index in [4.69, 9.17) is 5.73 Å². The van der Waals surface area contributed by atoms with Gasteiger partial charge in [-0.3, -0.25) is 4.68 Å². The summed E-state index contributed by atoms with van der Waals surface area (Å²) in [5.41, 5.74) is 7.34. The van der Waals surface area contributed by atoms with Crippen molar-refractivity contribution in [3.63, 3.8) is 0 Å². The smallest absolute Gasteiger partial charge is 0.129 e. The Bertz CT molecular complexity index is 502. The molecule has 1 heterocycles. The lowest BCUT2D eigenvalue weighted by atomic mass is 10.1. The number of nitrogen functional groups attached to an aromatic ring is 1. The van der Waals surface area contributed by atoms with Crippen molar-refractivity contribution in [2.24, 2.45) is 7.05 Å². The second-order valence-corrected chi connectivity index (χ2v) is 4.31. The Balaban J connectivity index is 2.45. The minimum absolute atomic E-state index is 0.272. The number of rotatable bonds is 2. The zero-order chi connectivity index (χ0) is 11.7. The molecule has 4 nitrogen and oxygen atoms in total. The molecule has 84 valence electrons. The van der Waals surface area contributed by atoms with Gasteiger partial charge >= 0.3 is 0 Å². The van der Waals surface area contributed by atoms with Crippen LogP contribution in [0, 0.1) is 0 Å². The van der Waals surface area contributed by atoms with Crippen molar-refractivity contribution in [2.75, 3.05) is 12.0 Å². The van der Waals surface area contributed by atoms with Crippen molar-refractivity contribution in [2.45, 2.75) is 4.90 Å². The Kier molecular flexibility index (Phi) is 2.78.